The highest BCUT2D eigenvalue weighted by Gasteiger charge is 2.32. The fourth-order valence-electron chi connectivity index (χ4n) is 4.26. The third-order valence-corrected chi connectivity index (χ3v) is 5.84. The molecule has 1 atom stereocenters. The van der Waals surface area contributed by atoms with Crippen LogP contribution in [0.3, 0.4) is 0 Å². The van der Waals surface area contributed by atoms with Crippen LogP contribution in [0, 0.1) is 11.8 Å². The Morgan fingerprint density at radius 3 is 2.44 bits per heavy atom. The molecule has 1 unspecified atom stereocenters. The summed E-state index contributed by atoms with van der Waals surface area (Å²) in [7, 11) is 1.68. The molecule has 5 nitrogen and oxygen atoms in total. The van der Waals surface area contributed by atoms with Crippen molar-refractivity contribution < 1.29 is 14.3 Å². The highest BCUT2D eigenvalue weighted by Crippen LogP contribution is 2.26. The van der Waals surface area contributed by atoms with E-state index in [-0.39, 0.29) is 17.7 Å². The van der Waals surface area contributed by atoms with Gasteiger partial charge in [0.15, 0.2) is 0 Å². The van der Waals surface area contributed by atoms with Gasteiger partial charge in [-0.3, -0.25) is 9.59 Å². The molecule has 2 heterocycles. The molecule has 1 aromatic rings. The number of carbonyl (C=O) groups is 2. The summed E-state index contributed by atoms with van der Waals surface area (Å²) in [4.78, 5) is 28.5. The summed E-state index contributed by atoms with van der Waals surface area (Å²) in [5.41, 5.74) is 1.30. The van der Waals surface area contributed by atoms with Gasteiger partial charge in [0, 0.05) is 32.1 Å². The number of ether oxygens (including phenoxy) is 1. The van der Waals surface area contributed by atoms with Gasteiger partial charge in [-0.1, -0.05) is 18.7 Å². The maximum Gasteiger partial charge on any atom is 0.245 e. The molecule has 2 aliphatic rings. The number of amides is 2. The molecule has 2 aliphatic heterocycles. The van der Waals surface area contributed by atoms with Crippen LogP contribution >= 0.6 is 0 Å². The Morgan fingerprint density at radius 1 is 1.11 bits per heavy atom. The molecule has 0 spiro atoms. The number of likely N-dealkylation sites (tertiary alicyclic amines) is 2. The Morgan fingerprint density at radius 2 is 1.81 bits per heavy atom. The number of piperidine rings is 2. The van der Waals surface area contributed by atoms with Crippen molar-refractivity contribution in [3.8, 4) is 5.75 Å². The first-order valence-corrected chi connectivity index (χ1v) is 9.93. The third-order valence-electron chi connectivity index (χ3n) is 5.84. The Bertz CT molecular complexity index is 663. The van der Waals surface area contributed by atoms with Crippen LogP contribution < -0.4 is 4.74 Å². The predicted molar refractivity (Wildman–Crippen MR) is 106 cm³/mol. The van der Waals surface area contributed by atoms with E-state index in [0.29, 0.717) is 19.0 Å². The second-order valence-electron chi connectivity index (χ2n) is 7.65. The lowest BCUT2D eigenvalue weighted by Gasteiger charge is -2.37. The third kappa shape index (κ3) is 4.90. The Labute approximate surface area is 162 Å². The van der Waals surface area contributed by atoms with E-state index in [9.17, 15) is 9.59 Å². The summed E-state index contributed by atoms with van der Waals surface area (Å²) < 4.78 is 5.22. The highest BCUT2D eigenvalue weighted by molar-refractivity contribution is 5.87. The van der Waals surface area contributed by atoms with Crippen LogP contribution in [-0.2, 0) is 16.0 Å². The Kier molecular flexibility index (Phi) is 6.54. The molecule has 0 N–H and O–H groups in total. The molecule has 0 radical (unpaired) electrons. The first kappa shape index (κ1) is 19.5. The summed E-state index contributed by atoms with van der Waals surface area (Å²) in [6, 6.07) is 8.23. The van der Waals surface area contributed by atoms with Gasteiger partial charge in [0.25, 0.3) is 0 Å². The lowest BCUT2D eigenvalue weighted by Crippen LogP contribution is -2.47. The normalized spacial score (nSPS) is 21.0. The molecule has 146 valence electrons. The van der Waals surface area contributed by atoms with Gasteiger partial charge >= 0.3 is 0 Å². The van der Waals surface area contributed by atoms with Crippen LogP contribution in [0.25, 0.3) is 0 Å². The van der Waals surface area contributed by atoms with E-state index in [1.54, 1.807) is 12.0 Å². The van der Waals surface area contributed by atoms with Gasteiger partial charge in [-0.25, -0.2) is 0 Å². The van der Waals surface area contributed by atoms with Crippen LogP contribution in [-0.4, -0.2) is 54.9 Å². The van der Waals surface area contributed by atoms with Gasteiger partial charge < -0.3 is 14.5 Å². The topological polar surface area (TPSA) is 49.9 Å². The summed E-state index contributed by atoms with van der Waals surface area (Å²) in [6.07, 6.45) is 6.12. The quantitative estimate of drug-likeness (QED) is 0.749. The van der Waals surface area contributed by atoms with E-state index < -0.39 is 0 Å². The first-order chi connectivity index (χ1) is 13.1. The predicted octanol–water partition coefficient (Wildman–Crippen LogP) is 2.90. The molecule has 2 saturated heterocycles. The molecule has 3 rings (SSSR count). The second kappa shape index (κ2) is 9.07. The first-order valence-electron chi connectivity index (χ1n) is 9.93. The average Bonchev–Trinajstić information content (AvgIpc) is 2.73. The van der Waals surface area contributed by atoms with E-state index in [4.69, 9.17) is 4.74 Å². The smallest absolute Gasteiger partial charge is 0.245 e. The monoisotopic (exact) mass is 370 g/mol. The molecular formula is C22H30N2O3. The fourth-order valence-corrected chi connectivity index (χ4v) is 4.26. The molecule has 0 saturated carbocycles. The second-order valence-corrected chi connectivity index (χ2v) is 7.65. The SMILES string of the molecule is C=CC(=O)N1CCC(C(=O)N2CCCC(Cc3ccc(OC)cc3)C2)CC1. The number of benzene rings is 1. The molecule has 0 aromatic heterocycles. The van der Waals surface area contributed by atoms with Crippen molar-refractivity contribution in [3.63, 3.8) is 0 Å². The van der Waals surface area contributed by atoms with Gasteiger partial charge in [0.05, 0.1) is 7.11 Å². The largest absolute Gasteiger partial charge is 0.497 e. The minimum atomic E-state index is -0.0292. The van der Waals surface area contributed by atoms with Crippen molar-refractivity contribution in [1.82, 2.24) is 9.80 Å². The van der Waals surface area contributed by atoms with Crippen molar-refractivity contribution in [1.29, 1.82) is 0 Å². The number of rotatable bonds is 5. The van der Waals surface area contributed by atoms with E-state index in [1.165, 1.54) is 18.1 Å². The molecule has 0 bridgehead atoms. The van der Waals surface area contributed by atoms with Crippen LogP contribution in [0.4, 0.5) is 0 Å². The summed E-state index contributed by atoms with van der Waals surface area (Å²) >= 11 is 0. The number of hydrogen-bond donors (Lipinski definition) is 0. The molecule has 2 amide bonds. The van der Waals surface area contributed by atoms with Crippen molar-refractivity contribution in [2.45, 2.75) is 32.1 Å². The Hall–Kier alpha value is -2.30. The Balaban J connectivity index is 1.52. The summed E-state index contributed by atoms with van der Waals surface area (Å²) in [6.45, 7) is 6.57. The highest BCUT2D eigenvalue weighted by atomic mass is 16.5. The van der Waals surface area contributed by atoms with Crippen molar-refractivity contribution in [2.75, 3.05) is 33.3 Å². The van der Waals surface area contributed by atoms with E-state index >= 15 is 0 Å². The number of methoxy groups -OCH3 is 1. The van der Waals surface area contributed by atoms with Crippen LogP contribution in [0.5, 0.6) is 5.75 Å². The summed E-state index contributed by atoms with van der Waals surface area (Å²) in [5, 5.41) is 0. The van der Waals surface area contributed by atoms with Crippen molar-refractivity contribution >= 4 is 11.8 Å². The standard InChI is InChI=1S/C22H30N2O3/c1-3-21(25)23-13-10-19(11-14-23)22(26)24-12-4-5-18(16-24)15-17-6-8-20(27-2)9-7-17/h3,6-9,18-19H,1,4-5,10-16H2,2H3. The molecule has 0 aliphatic carbocycles. The maximum absolute atomic E-state index is 13.0. The fraction of sp³-hybridized carbons (Fsp3) is 0.545. The average molecular weight is 370 g/mol. The molecule has 27 heavy (non-hydrogen) atoms. The van der Waals surface area contributed by atoms with Gasteiger partial charge in [-0.05, 0) is 61.8 Å². The molecule has 2 fully saturated rings. The lowest BCUT2D eigenvalue weighted by atomic mass is 9.89. The summed E-state index contributed by atoms with van der Waals surface area (Å²) in [5.74, 6) is 1.69. The number of hydrogen-bond acceptors (Lipinski definition) is 3. The van der Waals surface area contributed by atoms with Crippen molar-refractivity contribution in [3.05, 3.63) is 42.5 Å². The zero-order valence-corrected chi connectivity index (χ0v) is 16.2. The van der Waals surface area contributed by atoms with Crippen molar-refractivity contribution in [2.24, 2.45) is 11.8 Å². The van der Waals surface area contributed by atoms with Gasteiger partial charge in [-0.15, -0.1) is 0 Å². The van der Waals surface area contributed by atoms with Gasteiger partial charge in [0.1, 0.15) is 5.75 Å². The zero-order valence-electron chi connectivity index (χ0n) is 16.2. The minimum Gasteiger partial charge on any atom is -0.497 e. The zero-order chi connectivity index (χ0) is 19.2. The van der Waals surface area contributed by atoms with E-state index in [1.807, 2.05) is 12.1 Å². The van der Waals surface area contributed by atoms with Gasteiger partial charge in [0.2, 0.25) is 11.8 Å². The van der Waals surface area contributed by atoms with E-state index in [0.717, 1.165) is 44.5 Å². The molecule has 5 heteroatoms. The maximum atomic E-state index is 13.0. The molecule has 1 aromatic carbocycles. The number of carbonyl (C=O) groups excluding carboxylic acids is 2. The van der Waals surface area contributed by atoms with Crippen LogP contribution in [0.1, 0.15) is 31.2 Å². The van der Waals surface area contributed by atoms with Gasteiger partial charge in [-0.2, -0.15) is 0 Å². The van der Waals surface area contributed by atoms with E-state index in [2.05, 4.69) is 23.6 Å². The lowest BCUT2D eigenvalue weighted by molar-refractivity contribution is -0.141. The molecular weight excluding hydrogens is 340 g/mol. The number of nitrogens with zero attached hydrogens (tertiary/aromatic N) is 2. The van der Waals surface area contributed by atoms with Crippen LogP contribution in [0.2, 0.25) is 0 Å². The minimum absolute atomic E-state index is 0.0292. The van der Waals surface area contributed by atoms with Crippen LogP contribution in [0.15, 0.2) is 36.9 Å².